The number of hydrogen-bond donors (Lipinski definition) is 0. The molecule has 0 spiro atoms. The SMILES string of the molecule is CN(C)C(=O)Cc1cn(-c2cccc(C(F)(F)F)c2)nc1-c1ccc(Cl)cc1. The Hall–Kier alpha value is -2.80. The Morgan fingerprint density at radius 1 is 1.14 bits per heavy atom. The van der Waals surface area contributed by atoms with E-state index in [9.17, 15) is 18.0 Å². The van der Waals surface area contributed by atoms with E-state index in [2.05, 4.69) is 5.10 Å². The van der Waals surface area contributed by atoms with Crippen LogP contribution in [0.1, 0.15) is 11.1 Å². The highest BCUT2D eigenvalue weighted by atomic mass is 35.5. The molecule has 0 aliphatic rings. The van der Waals surface area contributed by atoms with Gasteiger partial charge in [-0.15, -0.1) is 0 Å². The van der Waals surface area contributed by atoms with Gasteiger partial charge in [0.1, 0.15) is 0 Å². The number of alkyl halides is 3. The van der Waals surface area contributed by atoms with Gasteiger partial charge in [-0.1, -0.05) is 29.8 Å². The maximum absolute atomic E-state index is 13.0. The zero-order valence-electron chi connectivity index (χ0n) is 15.2. The van der Waals surface area contributed by atoms with E-state index in [1.807, 2.05) is 0 Å². The number of benzene rings is 2. The van der Waals surface area contributed by atoms with Crippen LogP contribution in [0.5, 0.6) is 0 Å². The van der Waals surface area contributed by atoms with Crippen LogP contribution in [-0.2, 0) is 17.4 Å². The molecule has 0 saturated heterocycles. The molecule has 1 aromatic heterocycles. The van der Waals surface area contributed by atoms with Gasteiger partial charge in [0.25, 0.3) is 0 Å². The second-order valence-electron chi connectivity index (χ2n) is 6.47. The molecule has 0 atom stereocenters. The fraction of sp³-hybridized carbons (Fsp3) is 0.200. The second kappa shape index (κ2) is 7.67. The summed E-state index contributed by atoms with van der Waals surface area (Å²) in [6.45, 7) is 0. The number of likely N-dealkylation sites (N-methyl/N-ethyl adjacent to an activating group) is 1. The quantitative estimate of drug-likeness (QED) is 0.620. The first kappa shape index (κ1) is 19.9. The summed E-state index contributed by atoms with van der Waals surface area (Å²) in [5.74, 6) is -0.140. The Kier molecular flexibility index (Phi) is 5.47. The third kappa shape index (κ3) is 4.36. The standard InChI is InChI=1S/C20H17ClF3N3O/c1-26(2)18(28)10-14-12-27(17-5-3-4-15(11-17)20(22,23)24)25-19(14)13-6-8-16(21)9-7-13/h3-9,11-12H,10H2,1-2H3. The minimum absolute atomic E-state index is 0.0733. The normalized spacial score (nSPS) is 11.5. The largest absolute Gasteiger partial charge is 0.416 e. The van der Waals surface area contributed by atoms with E-state index in [4.69, 9.17) is 11.6 Å². The third-order valence-electron chi connectivity index (χ3n) is 4.19. The molecule has 0 N–H and O–H groups in total. The van der Waals surface area contributed by atoms with Gasteiger partial charge in [-0.05, 0) is 30.3 Å². The monoisotopic (exact) mass is 407 g/mol. The second-order valence-corrected chi connectivity index (χ2v) is 6.90. The Labute approximate surface area is 165 Å². The number of amides is 1. The van der Waals surface area contributed by atoms with Crippen LogP contribution in [-0.4, -0.2) is 34.7 Å². The fourth-order valence-electron chi connectivity index (χ4n) is 2.67. The van der Waals surface area contributed by atoms with Crippen molar-refractivity contribution in [3.63, 3.8) is 0 Å². The maximum Gasteiger partial charge on any atom is 0.416 e. The van der Waals surface area contributed by atoms with E-state index in [0.717, 1.165) is 17.7 Å². The van der Waals surface area contributed by atoms with Crippen molar-refractivity contribution in [1.82, 2.24) is 14.7 Å². The summed E-state index contributed by atoms with van der Waals surface area (Å²) in [7, 11) is 3.28. The fourth-order valence-corrected chi connectivity index (χ4v) is 2.79. The molecule has 0 bridgehead atoms. The highest BCUT2D eigenvalue weighted by molar-refractivity contribution is 6.30. The van der Waals surface area contributed by atoms with E-state index in [1.54, 1.807) is 44.6 Å². The van der Waals surface area contributed by atoms with Gasteiger partial charge in [0.15, 0.2) is 0 Å². The minimum Gasteiger partial charge on any atom is -0.349 e. The zero-order valence-corrected chi connectivity index (χ0v) is 15.9. The molecule has 146 valence electrons. The molecule has 4 nitrogen and oxygen atoms in total. The van der Waals surface area contributed by atoms with Gasteiger partial charge in [0.05, 0.1) is 23.4 Å². The van der Waals surface area contributed by atoms with Crippen LogP contribution < -0.4 is 0 Å². The van der Waals surface area contributed by atoms with E-state index in [1.165, 1.54) is 21.7 Å². The van der Waals surface area contributed by atoms with E-state index >= 15 is 0 Å². The van der Waals surface area contributed by atoms with Crippen molar-refractivity contribution in [2.45, 2.75) is 12.6 Å². The van der Waals surface area contributed by atoms with E-state index < -0.39 is 11.7 Å². The molecule has 0 fully saturated rings. The van der Waals surface area contributed by atoms with Crippen LogP contribution in [0.3, 0.4) is 0 Å². The predicted octanol–water partition coefficient (Wildman–Crippen LogP) is 4.84. The molecule has 28 heavy (non-hydrogen) atoms. The lowest BCUT2D eigenvalue weighted by atomic mass is 10.1. The Bertz CT molecular complexity index is 995. The van der Waals surface area contributed by atoms with Crippen molar-refractivity contribution in [2.75, 3.05) is 14.1 Å². The van der Waals surface area contributed by atoms with Crippen molar-refractivity contribution in [3.05, 3.63) is 70.9 Å². The van der Waals surface area contributed by atoms with E-state index in [0.29, 0.717) is 16.3 Å². The topological polar surface area (TPSA) is 38.1 Å². The third-order valence-corrected chi connectivity index (χ3v) is 4.44. The minimum atomic E-state index is -4.45. The van der Waals surface area contributed by atoms with Crippen LogP contribution in [0.2, 0.25) is 5.02 Å². The average Bonchev–Trinajstić information content (AvgIpc) is 3.05. The van der Waals surface area contributed by atoms with Gasteiger partial charge in [-0.3, -0.25) is 4.79 Å². The van der Waals surface area contributed by atoms with Crippen LogP contribution in [0.15, 0.2) is 54.7 Å². The molecule has 0 aliphatic carbocycles. The first-order valence-corrected chi connectivity index (χ1v) is 8.75. The van der Waals surface area contributed by atoms with Crippen molar-refractivity contribution < 1.29 is 18.0 Å². The molecule has 1 heterocycles. The van der Waals surface area contributed by atoms with Crippen LogP contribution in [0, 0.1) is 0 Å². The first-order chi connectivity index (χ1) is 13.1. The number of halogens is 4. The lowest BCUT2D eigenvalue weighted by Gasteiger charge is -2.09. The Morgan fingerprint density at radius 3 is 2.43 bits per heavy atom. The number of rotatable bonds is 4. The van der Waals surface area contributed by atoms with Gasteiger partial charge >= 0.3 is 6.18 Å². The number of carbonyl (C=O) groups excluding carboxylic acids is 1. The van der Waals surface area contributed by atoms with Gasteiger partial charge in [0, 0.05) is 36.4 Å². The predicted molar refractivity (Wildman–Crippen MR) is 101 cm³/mol. The van der Waals surface area contributed by atoms with Crippen molar-refractivity contribution in [2.24, 2.45) is 0 Å². The van der Waals surface area contributed by atoms with Gasteiger partial charge in [-0.2, -0.15) is 18.3 Å². The van der Waals surface area contributed by atoms with Crippen molar-refractivity contribution in [1.29, 1.82) is 0 Å². The first-order valence-electron chi connectivity index (χ1n) is 8.37. The zero-order chi connectivity index (χ0) is 20.5. The van der Waals surface area contributed by atoms with Crippen molar-refractivity contribution in [3.8, 4) is 16.9 Å². The van der Waals surface area contributed by atoms with Crippen LogP contribution in [0.4, 0.5) is 13.2 Å². The molecule has 0 radical (unpaired) electrons. The lowest BCUT2D eigenvalue weighted by Crippen LogP contribution is -2.23. The van der Waals surface area contributed by atoms with Crippen molar-refractivity contribution >= 4 is 17.5 Å². The number of carbonyl (C=O) groups is 1. The van der Waals surface area contributed by atoms with Crippen LogP contribution in [0.25, 0.3) is 16.9 Å². The number of aromatic nitrogens is 2. The molecule has 3 rings (SSSR count). The summed E-state index contributed by atoms with van der Waals surface area (Å²) < 4.78 is 40.5. The molecule has 0 unspecified atom stereocenters. The van der Waals surface area contributed by atoms with E-state index in [-0.39, 0.29) is 18.0 Å². The average molecular weight is 408 g/mol. The maximum atomic E-state index is 13.0. The summed E-state index contributed by atoms with van der Waals surface area (Å²) in [5.41, 5.74) is 1.34. The summed E-state index contributed by atoms with van der Waals surface area (Å²) in [5, 5.41) is 5.00. The number of hydrogen-bond acceptors (Lipinski definition) is 2. The summed E-state index contributed by atoms with van der Waals surface area (Å²) in [4.78, 5) is 13.7. The molecule has 0 aliphatic heterocycles. The molecule has 8 heteroatoms. The summed E-state index contributed by atoms with van der Waals surface area (Å²) in [6.07, 6.45) is -2.80. The lowest BCUT2D eigenvalue weighted by molar-refractivity contribution is -0.137. The molecular weight excluding hydrogens is 391 g/mol. The number of nitrogens with zero attached hydrogens (tertiary/aromatic N) is 3. The molecule has 3 aromatic rings. The summed E-state index contributed by atoms with van der Waals surface area (Å²) >= 11 is 5.93. The highest BCUT2D eigenvalue weighted by Gasteiger charge is 2.30. The van der Waals surface area contributed by atoms with Gasteiger partial charge in [-0.25, -0.2) is 4.68 Å². The molecular formula is C20H17ClF3N3O. The van der Waals surface area contributed by atoms with Gasteiger partial charge in [0.2, 0.25) is 5.91 Å². The molecule has 1 amide bonds. The summed E-state index contributed by atoms with van der Waals surface area (Å²) in [6, 6.07) is 11.8. The van der Waals surface area contributed by atoms with Crippen LogP contribution >= 0.6 is 11.6 Å². The van der Waals surface area contributed by atoms with Gasteiger partial charge < -0.3 is 4.90 Å². The highest BCUT2D eigenvalue weighted by Crippen LogP contribution is 2.31. The molecule has 0 saturated carbocycles. The molecule has 2 aromatic carbocycles. The Balaban J connectivity index is 2.08. The smallest absolute Gasteiger partial charge is 0.349 e. The Morgan fingerprint density at radius 2 is 1.82 bits per heavy atom.